The third-order valence-electron chi connectivity index (χ3n) is 3.40. The number of piperidine rings is 1. The summed E-state index contributed by atoms with van der Waals surface area (Å²) in [7, 11) is 0. The second-order valence-corrected chi connectivity index (χ2v) is 5.31. The van der Waals surface area contributed by atoms with Crippen molar-refractivity contribution in [2.75, 3.05) is 19.6 Å². The molecule has 6 heteroatoms. The van der Waals surface area contributed by atoms with Gasteiger partial charge in [0.1, 0.15) is 0 Å². The van der Waals surface area contributed by atoms with Crippen LogP contribution in [0.2, 0.25) is 0 Å². The highest BCUT2D eigenvalue weighted by atomic mass is 16.2. The summed E-state index contributed by atoms with van der Waals surface area (Å²) in [6.45, 7) is 5.82. The Kier molecular flexibility index (Phi) is 5.40. The SMILES string of the molecule is CC(C)C(N)C(=O)N1CCCC(CNC(N)=O)C1. The predicted molar refractivity (Wildman–Crippen MR) is 69.7 cm³/mol. The highest BCUT2D eigenvalue weighted by Crippen LogP contribution is 2.17. The number of carbonyl (C=O) groups is 2. The van der Waals surface area contributed by atoms with E-state index in [2.05, 4.69) is 5.32 Å². The lowest BCUT2D eigenvalue weighted by atomic mass is 9.96. The molecular weight excluding hydrogens is 232 g/mol. The Morgan fingerprint density at radius 2 is 2.11 bits per heavy atom. The molecule has 5 N–H and O–H groups in total. The van der Waals surface area contributed by atoms with Gasteiger partial charge < -0.3 is 21.7 Å². The quantitative estimate of drug-likeness (QED) is 0.653. The van der Waals surface area contributed by atoms with Crippen LogP contribution in [-0.4, -0.2) is 42.5 Å². The van der Waals surface area contributed by atoms with E-state index >= 15 is 0 Å². The molecule has 1 rings (SSSR count). The number of hydrogen-bond donors (Lipinski definition) is 3. The Hall–Kier alpha value is -1.30. The molecule has 0 aromatic carbocycles. The van der Waals surface area contributed by atoms with E-state index in [1.165, 1.54) is 0 Å². The number of amides is 3. The third-order valence-corrected chi connectivity index (χ3v) is 3.40. The number of hydrogen-bond acceptors (Lipinski definition) is 3. The van der Waals surface area contributed by atoms with Gasteiger partial charge in [0.05, 0.1) is 6.04 Å². The maximum Gasteiger partial charge on any atom is 0.312 e. The predicted octanol–water partition coefficient (Wildman–Crippen LogP) is -0.123. The summed E-state index contributed by atoms with van der Waals surface area (Å²) in [5.41, 5.74) is 10.9. The van der Waals surface area contributed by atoms with Gasteiger partial charge in [-0.1, -0.05) is 13.8 Å². The maximum atomic E-state index is 12.1. The second kappa shape index (κ2) is 6.58. The molecule has 18 heavy (non-hydrogen) atoms. The zero-order valence-corrected chi connectivity index (χ0v) is 11.2. The van der Waals surface area contributed by atoms with Gasteiger partial charge >= 0.3 is 6.03 Å². The van der Waals surface area contributed by atoms with E-state index in [1.807, 2.05) is 18.7 Å². The lowest BCUT2D eigenvalue weighted by Gasteiger charge is -2.35. The van der Waals surface area contributed by atoms with E-state index in [0.717, 1.165) is 19.4 Å². The van der Waals surface area contributed by atoms with Crippen molar-refractivity contribution in [1.82, 2.24) is 10.2 Å². The molecule has 0 spiro atoms. The smallest absolute Gasteiger partial charge is 0.312 e. The van der Waals surface area contributed by atoms with Gasteiger partial charge in [-0.3, -0.25) is 4.79 Å². The summed E-state index contributed by atoms with van der Waals surface area (Å²) in [5.74, 6) is 0.421. The van der Waals surface area contributed by atoms with Crippen molar-refractivity contribution < 1.29 is 9.59 Å². The summed E-state index contributed by atoms with van der Waals surface area (Å²) in [6, 6.07) is -0.954. The lowest BCUT2D eigenvalue weighted by Crippen LogP contribution is -2.51. The van der Waals surface area contributed by atoms with Crippen LogP contribution in [0.5, 0.6) is 0 Å². The van der Waals surface area contributed by atoms with Crippen LogP contribution in [0.15, 0.2) is 0 Å². The van der Waals surface area contributed by atoms with Crippen molar-refractivity contribution in [3.63, 3.8) is 0 Å². The Morgan fingerprint density at radius 1 is 1.44 bits per heavy atom. The Balaban J connectivity index is 2.47. The molecule has 2 atom stereocenters. The topological polar surface area (TPSA) is 101 Å². The molecule has 0 aromatic rings. The van der Waals surface area contributed by atoms with Crippen LogP contribution in [0.1, 0.15) is 26.7 Å². The van der Waals surface area contributed by atoms with E-state index in [0.29, 0.717) is 13.1 Å². The van der Waals surface area contributed by atoms with Crippen molar-refractivity contribution in [3.05, 3.63) is 0 Å². The van der Waals surface area contributed by atoms with Crippen molar-refractivity contribution in [1.29, 1.82) is 0 Å². The summed E-state index contributed by atoms with van der Waals surface area (Å²) in [5, 5.41) is 2.60. The van der Waals surface area contributed by atoms with Gasteiger partial charge in [-0.2, -0.15) is 0 Å². The number of urea groups is 1. The summed E-state index contributed by atoms with van der Waals surface area (Å²) >= 11 is 0. The third kappa shape index (κ3) is 4.18. The molecule has 0 saturated carbocycles. The Morgan fingerprint density at radius 3 is 2.67 bits per heavy atom. The zero-order chi connectivity index (χ0) is 13.7. The first-order chi connectivity index (χ1) is 8.41. The molecular formula is C12H24N4O2. The van der Waals surface area contributed by atoms with Crippen molar-refractivity contribution in [2.24, 2.45) is 23.3 Å². The largest absolute Gasteiger partial charge is 0.352 e. The number of nitrogens with zero attached hydrogens (tertiary/aromatic N) is 1. The summed E-state index contributed by atoms with van der Waals surface area (Å²) in [6.07, 6.45) is 1.95. The average Bonchev–Trinajstić information content (AvgIpc) is 2.34. The van der Waals surface area contributed by atoms with E-state index in [4.69, 9.17) is 11.5 Å². The van der Waals surface area contributed by atoms with Crippen LogP contribution in [0.3, 0.4) is 0 Å². The summed E-state index contributed by atoms with van der Waals surface area (Å²) < 4.78 is 0. The molecule has 0 radical (unpaired) electrons. The van der Waals surface area contributed by atoms with Gasteiger partial charge in [-0.25, -0.2) is 4.79 Å². The van der Waals surface area contributed by atoms with E-state index in [9.17, 15) is 9.59 Å². The molecule has 1 heterocycles. The van der Waals surface area contributed by atoms with Crippen molar-refractivity contribution >= 4 is 11.9 Å². The zero-order valence-electron chi connectivity index (χ0n) is 11.2. The average molecular weight is 256 g/mol. The fraction of sp³-hybridized carbons (Fsp3) is 0.833. The standard InChI is InChI=1S/C12H24N4O2/c1-8(2)10(13)11(17)16-5-3-4-9(7-16)6-15-12(14)18/h8-10H,3-7,13H2,1-2H3,(H3,14,15,18). The molecule has 3 amide bonds. The molecule has 1 saturated heterocycles. The fourth-order valence-corrected chi connectivity index (χ4v) is 2.17. The van der Waals surface area contributed by atoms with E-state index in [1.54, 1.807) is 0 Å². The van der Waals surface area contributed by atoms with Gasteiger partial charge in [-0.15, -0.1) is 0 Å². The molecule has 0 aliphatic carbocycles. The molecule has 0 aromatic heterocycles. The number of carbonyl (C=O) groups excluding carboxylic acids is 2. The van der Waals surface area contributed by atoms with Crippen LogP contribution in [0.25, 0.3) is 0 Å². The number of nitrogens with two attached hydrogens (primary N) is 2. The van der Waals surface area contributed by atoms with Gasteiger partial charge in [-0.05, 0) is 24.7 Å². The van der Waals surface area contributed by atoms with Crippen LogP contribution in [-0.2, 0) is 4.79 Å². The van der Waals surface area contributed by atoms with E-state index < -0.39 is 12.1 Å². The highest BCUT2D eigenvalue weighted by molar-refractivity contribution is 5.82. The number of primary amides is 1. The molecule has 1 aliphatic rings. The fourth-order valence-electron chi connectivity index (χ4n) is 2.17. The Labute approximate surface area is 108 Å². The normalized spacial score (nSPS) is 21.8. The first-order valence-corrected chi connectivity index (χ1v) is 6.49. The van der Waals surface area contributed by atoms with Crippen LogP contribution in [0, 0.1) is 11.8 Å². The van der Waals surface area contributed by atoms with Crippen LogP contribution >= 0.6 is 0 Å². The van der Waals surface area contributed by atoms with Gasteiger partial charge in [0.15, 0.2) is 0 Å². The minimum atomic E-state index is -0.516. The van der Waals surface area contributed by atoms with Crippen LogP contribution < -0.4 is 16.8 Å². The first-order valence-electron chi connectivity index (χ1n) is 6.49. The first kappa shape index (κ1) is 14.8. The molecule has 104 valence electrons. The molecule has 1 aliphatic heterocycles. The minimum absolute atomic E-state index is 0.00813. The minimum Gasteiger partial charge on any atom is -0.352 e. The highest BCUT2D eigenvalue weighted by Gasteiger charge is 2.28. The molecule has 1 fully saturated rings. The summed E-state index contributed by atoms with van der Waals surface area (Å²) in [4.78, 5) is 24.6. The monoisotopic (exact) mass is 256 g/mol. The number of likely N-dealkylation sites (tertiary alicyclic amines) is 1. The van der Waals surface area contributed by atoms with Gasteiger partial charge in [0.2, 0.25) is 5.91 Å². The van der Waals surface area contributed by atoms with Crippen molar-refractivity contribution in [2.45, 2.75) is 32.7 Å². The molecule has 0 bridgehead atoms. The van der Waals surface area contributed by atoms with Crippen LogP contribution in [0.4, 0.5) is 4.79 Å². The van der Waals surface area contributed by atoms with E-state index in [-0.39, 0.29) is 17.7 Å². The second-order valence-electron chi connectivity index (χ2n) is 5.31. The maximum absolute atomic E-state index is 12.1. The lowest BCUT2D eigenvalue weighted by molar-refractivity contribution is -0.135. The molecule has 2 unspecified atom stereocenters. The Bertz CT molecular complexity index is 306. The molecule has 6 nitrogen and oxygen atoms in total. The number of rotatable bonds is 4. The van der Waals surface area contributed by atoms with Crippen molar-refractivity contribution in [3.8, 4) is 0 Å². The van der Waals surface area contributed by atoms with Gasteiger partial charge in [0.25, 0.3) is 0 Å². The van der Waals surface area contributed by atoms with Gasteiger partial charge in [0, 0.05) is 19.6 Å². The number of nitrogens with one attached hydrogen (secondary N) is 1.